The zero-order valence-electron chi connectivity index (χ0n) is 18.8. The van der Waals surface area contributed by atoms with E-state index in [-0.39, 0.29) is 17.3 Å². The van der Waals surface area contributed by atoms with Crippen molar-refractivity contribution in [1.82, 2.24) is 4.90 Å². The number of likely N-dealkylation sites (tertiary alicyclic amines) is 1. The molecule has 1 N–H and O–H groups in total. The van der Waals surface area contributed by atoms with Crippen molar-refractivity contribution >= 4 is 11.9 Å². The highest BCUT2D eigenvalue weighted by atomic mass is 16.5. The largest absolute Gasteiger partial charge is 0.507 e. The Morgan fingerprint density at radius 1 is 1.23 bits per heavy atom. The van der Waals surface area contributed by atoms with Gasteiger partial charge in [-0.1, -0.05) is 32.0 Å². The van der Waals surface area contributed by atoms with Gasteiger partial charge in [0, 0.05) is 25.2 Å². The molecule has 2 heterocycles. The molecule has 31 heavy (non-hydrogen) atoms. The Kier molecular flexibility index (Phi) is 6.05. The van der Waals surface area contributed by atoms with Gasteiger partial charge < -0.3 is 14.6 Å². The van der Waals surface area contributed by atoms with E-state index < -0.39 is 0 Å². The van der Waals surface area contributed by atoms with Gasteiger partial charge in [0.15, 0.2) is 5.76 Å². The molecule has 2 aromatic carbocycles. The normalized spacial score (nSPS) is 22.5. The number of para-hydroxylation sites is 1. The van der Waals surface area contributed by atoms with Crippen LogP contribution in [0.15, 0.2) is 36.1 Å². The van der Waals surface area contributed by atoms with Crippen LogP contribution in [0.1, 0.15) is 54.2 Å². The number of ketones is 1. The highest BCUT2D eigenvalue weighted by molar-refractivity contribution is 6.16. The Morgan fingerprint density at radius 2 is 1.94 bits per heavy atom. The van der Waals surface area contributed by atoms with Crippen LogP contribution in [0.25, 0.3) is 6.08 Å². The lowest BCUT2D eigenvalue weighted by molar-refractivity contribution is 0.101. The van der Waals surface area contributed by atoms with Crippen LogP contribution in [0, 0.1) is 18.8 Å². The first kappa shape index (κ1) is 21.4. The molecule has 0 radical (unpaired) electrons. The molecule has 0 aromatic heterocycles. The number of hydrogen-bond donors (Lipinski definition) is 1. The van der Waals surface area contributed by atoms with Gasteiger partial charge in [0.25, 0.3) is 0 Å². The van der Waals surface area contributed by atoms with Gasteiger partial charge >= 0.3 is 0 Å². The number of phenolic OH excluding ortho intramolecular Hbond substituents is 1. The molecular formula is C26H31NO4. The molecule has 0 spiro atoms. The molecule has 2 aromatic rings. The number of allylic oxidation sites excluding steroid dienone is 1. The number of rotatable bonds is 5. The van der Waals surface area contributed by atoms with E-state index in [9.17, 15) is 9.90 Å². The second-order valence-corrected chi connectivity index (χ2v) is 8.95. The van der Waals surface area contributed by atoms with Crippen molar-refractivity contribution in [3.8, 4) is 17.2 Å². The van der Waals surface area contributed by atoms with Crippen LogP contribution in [0.2, 0.25) is 0 Å². The first-order valence-electron chi connectivity index (χ1n) is 11.1. The summed E-state index contributed by atoms with van der Waals surface area (Å²) in [5.41, 5.74) is 2.76. The van der Waals surface area contributed by atoms with E-state index in [1.807, 2.05) is 38.1 Å². The van der Waals surface area contributed by atoms with Gasteiger partial charge in [-0.05, 0) is 55.9 Å². The van der Waals surface area contributed by atoms with Gasteiger partial charge in [0.05, 0.1) is 17.7 Å². The molecule has 2 unspecified atom stereocenters. The van der Waals surface area contributed by atoms with Crippen LogP contribution in [-0.4, -0.2) is 35.5 Å². The van der Waals surface area contributed by atoms with Crippen LogP contribution in [-0.2, 0) is 6.54 Å². The molecule has 5 heteroatoms. The average molecular weight is 422 g/mol. The molecule has 2 aliphatic heterocycles. The second kappa shape index (κ2) is 8.75. The van der Waals surface area contributed by atoms with Crippen LogP contribution in [0.3, 0.4) is 0 Å². The fourth-order valence-corrected chi connectivity index (χ4v) is 4.91. The summed E-state index contributed by atoms with van der Waals surface area (Å²) in [7, 11) is 0. The first-order chi connectivity index (χ1) is 14.9. The monoisotopic (exact) mass is 421 g/mol. The maximum Gasteiger partial charge on any atom is 0.232 e. The molecule has 0 aliphatic carbocycles. The number of carbonyl (C=O) groups is 1. The summed E-state index contributed by atoms with van der Waals surface area (Å²) in [6.45, 7) is 11.4. The van der Waals surface area contributed by atoms with Crippen molar-refractivity contribution in [2.75, 3.05) is 19.7 Å². The maximum absolute atomic E-state index is 13.2. The molecule has 2 atom stereocenters. The molecular weight excluding hydrogens is 390 g/mol. The second-order valence-electron chi connectivity index (χ2n) is 8.95. The zero-order valence-corrected chi connectivity index (χ0v) is 18.8. The van der Waals surface area contributed by atoms with E-state index in [4.69, 9.17) is 9.47 Å². The van der Waals surface area contributed by atoms with Gasteiger partial charge in [-0.2, -0.15) is 0 Å². The lowest BCUT2D eigenvalue weighted by atomic mass is 9.91. The van der Waals surface area contributed by atoms with E-state index in [0.29, 0.717) is 47.6 Å². The molecule has 0 saturated carbocycles. The third-order valence-electron chi connectivity index (χ3n) is 6.05. The number of ether oxygens (including phenoxy) is 2. The van der Waals surface area contributed by atoms with Gasteiger partial charge in [-0.25, -0.2) is 0 Å². The van der Waals surface area contributed by atoms with E-state index >= 15 is 0 Å². The smallest absolute Gasteiger partial charge is 0.232 e. The standard InChI is InChI=1S/C26H31NO4/c1-5-30-22-9-7-6-8-19(22)12-23-25(29)24-18(4)11-21(28)20(26(24)31-23)15-27-13-16(2)10-17(3)14-27/h6-9,11-12,16-17,28H,5,10,13-15H2,1-4H3/b23-12+. The Balaban J connectivity index is 1.69. The van der Waals surface area contributed by atoms with E-state index in [1.54, 1.807) is 12.1 Å². The third kappa shape index (κ3) is 4.33. The number of aryl methyl sites for hydroxylation is 1. The zero-order chi connectivity index (χ0) is 22.1. The summed E-state index contributed by atoms with van der Waals surface area (Å²) in [6.07, 6.45) is 2.95. The lowest BCUT2D eigenvalue weighted by Crippen LogP contribution is -2.38. The summed E-state index contributed by atoms with van der Waals surface area (Å²) in [4.78, 5) is 15.6. The number of piperidine rings is 1. The fraction of sp³-hybridized carbons (Fsp3) is 0.423. The number of aromatic hydroxyl groups is 1. The predicted molar refractivity (Wildman–Crippen MR) is 122 cm³/mol. The number of hydrogen-bond acceptors (Lipinski definition) is 5. The van der Waals surface area contributed by atoms with E-state index in [0.717, 1.165) is 24.2 Å². The minimum atomic E-state index is -0.152. The van der Waals surface area contributed by atoms with Crippen LogP contribution < -0.4 is 9.47 Å². The SMILES string of the molecule is CCOc1ccccc1/C=C1/Oc2c(CN3CC(C)CC(C)C3)c(O)cc(C)c2C1=O. The van der Waals surface area contributed by atoms with Crippen molar-refractivity contribution in [3.63, 3.8) is 0 Å². The van der Waals surface area contributed by atoms with Crippen molar-refractivity contribution < 1.29 is 19.4 Å². The fourth-order valence-electron chi connectivity index (χ4n) is 4.91. The first-order valence-corrected chi connectivity index (χ1v) is 11.1. The summed E-state index contributed by atoms with van der Waals surface area (Å²) >= 11 is 0. The minimum absolute atomic E-state index is 0.152. The maximum atomic E-state index is 13.2. The Labute approximate surface area is 184 Å². The Bertz CT molecular complexity index is 1020. The van der Waals surface area contributed by atoms with E-state index in [2.05, 4.69) is 18.7 Å². The minimum Gasteiger partial charge on any atom is -0.507 e. The van der Waals surface area contributed by atoms with Crippen LogP contribution in [0.5, 0.6) is 17.2 Å². The summed E-state index contributed by atoms with van der Waals surface area (Å²) in [6, 6.07) is 9.27. The van der Waals surface area contributed by atoms with E-state index in [1.165, 1.54) is 6.42 Å². The van der Waals surface area contributed by atoms with Crippen molar-refractivity contribution in [2.45, 2.75) is 40.7 Å². The highest BCUT2D eigenvalue weighted by Gasteiger charge is 2.34. The molecule has 0 amide bonds. The Morgan fingerprint density at radius 3 is 2.65 bits per heavy atom. The van der Waals surface area contributed by atoms with Gasteiger partial charge in [0.1, 0.15) is 17.2 Å². The number of benzene rings is 2. The molecule has 0 bridgehead atoms. The Hall–Kier alpha value is -2.79. The molecule has 164 valence electrons. The van der Waals surface area contributed by atoms with Crippen LogP contribution >= 0.6 is 0 Å². The molecule has 2 aliphatic rings. The quantitative estimate of drug-likeness (QED) is 0.673. The van der Waals surface area contributed by atoms with Crippen molar-refractivity contribution in [1.29, 1.82) is 0 Å². The summed E-state index contributed by atoms with van der Waals surface area (Å²) in [5, 5.41) is 10.7. The molecule has 5 nitrogen and oxygen atoms in total. The number of carbonyl (C=O) groups excluding carboxylic acids is 1. The summed E-state index contributed by atoms with van der Waals surface area (Å²) < 4.78 is 11.8. The number of Topliss-reactive ketones (excluding diaryl/α,β-unsaturated/α-hetero) is 1. The molecule has 1 saturated heterocycles. The van der Waals surface area contributed by atoms with Crippen molar-refractivity contribution in [2.24, 2.45) is 11.8 Å². The topological polar surface area (TPSA) is 59.0 Å². The predicted octanol–water partition coefficient (Wildman–Crippen LogP) is 5.19. The van der Waals surface area contributed by atoms with Gasteiger partial charge in [-0.15, -0.1) is 0 Å². The summed E-state index contributed by atoms with van der Waals surface area (Å²) in [5.74, 6) is 2.72. The third-order valence-corrected chi connectivity index (χ3v) is 6.05. The molecule has 4 rings (SSSR count). The number of fused-ring (bicyclic) bond motifs is 1. The lowest BCUT2D eigenvalue weighted by Gasteiger charge is -2.35. The molecule has 1 fully saturated rings. The van der Waals surface area contributed by atoms with Crippen LogP contribution in [0.4, 0.5) is 0 Å². The highest BCUT2D eigenvalue weighted by Crippen LogP contribution is 2.43. The number of nitrogens with zero attached hydrogens (tertiary/aromatic N) is 1. The number of phenols is 1. The van der Waals surface area contributed by atoms with Crippen molar-refractivity contribution in [3.05, 3.63) is 58.3 Å². The van der Waals surface area contributed by atoms with Gasteiger partial charge in [0.2, 0.25) is 5.78 Å². The van der Waals surface area contributed by atoms with Gasteiger partial charge in [-0.3, -0.25) is 9.69 Å². The average Bonchev–Trinajstić information content (AvgIpc) is 3.03.